The molecule has 3 aromatic rings. The van der Waals surface area contributed by atoms with Gasteiger partial charge in [-0.1, -0.05) is 12.1 Å². The van der Waals surface area contributed by atoms with Crippen LogP contribution in [0.1, 0.15) is 16.3 Å². The third-order valence-corrected chi connectivity index (χ3v) is 2.74. The number of rotatable bonds is 2. The fraction of sp³-hybridized carbons (Fsp3) is 0.0769. The van der Waals surface area contributed by atoms with E-state index in [1.807, 2.05) is 24.3 Å². The second kappa shape index (κ2) is 4.16. The van der Waals surface area contributed by atoms with Crippen LogP contribution >= 0.6 is 0 Å². The molecule has 0 fully saturated rings. The van der Waals surface area contributed by atoms with E-state index < -0.39 is 5.97 Å². The Labute approximate surface area is 108 Å². The SMILES string of the molecule is Cc1nc(-n2cnc(C(=O)O)c2)c2ccccc2n1. The van der Waals surface area contributed by atoms with E-state index in [1.165, 1.54) is 12.5 Å². The van der Waals surface area contributed by atoms with Crippen LogP contribution in [0.5, 0.6) is 0 Å². The number of fused-ring (bicyclic) bond motifs is 1. The Morgan fingerprint density at radius 1 is 1.26 bits per heavy atom. The second-order valence-electron chi connectivity index (χ2n) is 4.08. The highest BCUT2D eigenvalue weighted by molar-refractivity contribution is 5.87. The van der Waals surface area contributed by atoms with Crippen molar-refractivity contribution in [2.45, 2.75) is 6.92 Å². The predicted octanol–water partition coefficient (Wildman–Crippen LogP) is 1.82. The molecule has 3 rings (SSSR count). The predicted molar refractivity (Wildman–Crippen MR) is 68.4 cm³/mol. The first-order valence-corrected chi connectivity index (χ1v) is 5.66. The normalized spacial score (nSPS) is 10.8. The maximum Gasteiger partial charge on any atom is 0.356 e. The van der Waals surface area contributed by atoms with Crippen molar-refractivity contribution in [1.29, 1.82) is 0 Å². The van der Waals surface area contributed by atoms with E-state index >= 15 is 0 Å². The second-order valence-corrected chi connectivity index (χ2v) is 4.08. The number of benzene rings is 1. The number of carbonyl (C=O) groups is 1. The Balaban J connectivity index is 2.26. The minimum Gasteiger partial charge on any atom is -0.476 e. The quantitative estimate of drug-likeness (QED) is 0.754. The van der Waals surface area contributed by atoms with Crippen molar-refractivity contribution in [3.63, 3.8) is 0 Å². The molecule has 0 saturated carbocycles. The van der Waals surface area contributed by atoms with Gasteiger partial charge in [-0.25, -0.2) is 19.7 Å². The lowest BCUT2D eigenvalue weighted by atomic mass is 10.2. The lowest BCUT2D eigenvalue weighted by molar-refractivity contribution is 0.0691. The highest BCUT2D eigenvalue weighted by atomic mass is 16.4. The molecule has 6 heteroatoms. The highest BCUT2D eigenvalue weighted by Crippen LogP contribution is 2.19. The summed E-state index contributed by atoms with van der Waals surface area (Å²) in [5, 5.41) is 9.75. The van der Waals surface area contributed by atoms with Crippen LogP contribution in [0.3, 0.4) is 0 Å². The summed E-state index contributed by atoms with van der Waals surface area (Å²) in [6.45, 7) is 1.80. The van der Waals surface area contributed by atoms with Crippen molar-refractivity contribution in [1.82, 2.24) is 19.5 Å². The Hall–Kier alpha value is -2.76. The number of hydrogen-bond donors (Lipinski definition) is 1. The monoisotopic (exact) mass is 254 g/mol. The van der Waals surface area contributed by atoms with Gasteiger partial charge in [-0.3, -0.25) is 4.57 Å². The molecule has 0 bridgehead atoms. The zero-order chi connectivity index (χ0) is 13.4. The van der Waals surface area contributed by atoms with Crippen molar-refractivity contribution >= 4 is 16.9 Å². The van der Waals surface area contributed by atoms with E-state index in [0.29, 0.717) is 11.6 Å². The van der Waals surface area contributed by atoms with E-state index in [2.05, 4.69) is 15.0 Å². The number of para-hydroxylation sites is 1. The van der Waals surface area contributed by atoms with Crippen LogP contribution < -0.4 is 0 Å². The zero-order valence-electron chi connectivity index (χ0n) is 10.1. The van der Waals surface area contributed by atoms with Gasteiger partial charge in [0.05, 0.1) is 5.52 Å². The number of carboxylic acids is 1. The summed E-state index contributed by atoms with van der Waals surface area (Å²) in [5.41, 5.74) is 0.802. The topological polar surface area (TPSA) is 80.9 Å². The van der Waals surface area contributed by atoms with Crippen LogP contribution in [0.25, 0.3) is 16.7 Å². The first-order chi connectivity index (χ1) is 9.15. The Bertz CT molecular complexity index is 779. The lowest BCUT2D eigenvalue weighted by Gasteiger charge is -2.06. The molecular weight excluding hydrogens is 244 g/mol. The van der Waals surface area contributed by atoms with Crippen molar-refractivity contribution in [2.75, 3.05) is 0 Å². The molecule has 94 valence electrons. The van der Waals surface area contributed by atoms with Crippen LogP contribution in [-0.2, 0) is 0 Å². The van der Waals surface area contributed by atoms with Gasteiger partial charge in [-0.15, -0.1) is 0 Å². The standard InChI is InChI=1S/C13H10N4O2/c1-8-15-10-5-3-2-4-9(10)12(16-8)17-6-11(13(18)19)14-7-17/h2-7H,1H3,(H,18,19). The van der Waals surface area contributed by atoms with Gasteiger partial charge < -0.3 is 5.11 Å². The fourth-order valence-corrected chi connectivity index (χ4v) is 1.92. The van der Waals surface area contributed by atoms with Crippen LogP contribution in [0, 0.1) is 6.92 Å². The minimum atomic E-state index is -1.06. The molecular formula is C13H10N4O2. The molecule has 0 amide bonds. The van der Waals surface area contributed by atoms with Gasteiger partial charge >= 0.3 is 5.97 Å². The number of aryl methyl sites for hydroxylation is 1. The first kappa shape index (κ1) is 11.3. The Kier molecular flexibility index (Phi) is 2.49. The van der Waals surface area contributed by atoms with Crippen LogP contribution in [-0.4, -0.2) is 30.6 Å². The zero-order valence-corrected chi connectivity index (χ0v) is 10.1. The number of nitrogens with zero attached hydrogens (tertiary/aromatic N) is 4. The van der Waals surface area contributed by atoms with Crippen LogP contribution in [0.4, 0.5) is 0 Å². The molecule has 0 atom stereocenters. The molecule has 0 unspecified atom stereocenters. The third-order valence-electron chi connectivity index (χ3n) is 2.74. The number of aromatic nitrogens is 4. The molecule has 2 aromatic heterocycles. The van der Waals surface area contributed by atoms with E-state index in [9.17, 15) is 4.79 Å². The number of aromatic carboxylic acids is 1. The van der Waals surface area contributed by atoms with Crippen molar-refractivity contribution in [2.24, 2.45) is 0 Å². The van der Waals surface area contributed by atoms with Gasteiger partial charge in [0.15, 0.2) is 5.69 Å². The Morgan fingerprint density at radius 2 is 2.05 bits per heavy atom. The summed E-state index contributed by atoms with van der Waals surface area (Å²) in [7, 11) is 0. The van der Waals surface area contributed by atoms with E-state index in [4.69, 9.17) is 5.11 Å². The summed E-state index contributed by atoms with van der Waals surface area (Å²) in [6.07, 6.45) is 2.88. The van der Waals surface area contributed by atoms with E-state index in [-0.39, 0.29) is 5.69 Å². The van der Waals surface area contributed by atoms with Crippen LogP contribution in [0.2, 0.25) is 0 Å². The summed E-state index contributed by atoms with van der Waals surface area (Å²) in [5.74, 6) is 0.191. The smallest absolute Gasteiger partial charge is 0.356 e. The van der Waals surface area contributed by atoms with Crippen molar-refractivity contribution < 1.29 is 9.90 Å². The average Bonchev–Trinajstić information content (AvgIpc) is 2.87. The molecule has 0 saturated heterocycles. The molecule has 6 nitrogen and oxygen atoms in total. The van der Waals surface area contributed by atoms with Gasteiger partial charge in [0.1, 0.15) is 18.0 Å². The summed E-state index contributed by atoms with van der Waals surface area (Å²) >= 11 is 0. The fourth-order valence-electron chi connectivity index (χ4n) is 1.92. The average molecular weight is 254 g/mol. The molecule has 19 heavy (non-hydrogen) atoms. The summed E-state index contributed by atoms with van der Waals surface area (Å²) < 4.78 is 1.60. The largest absolute Gasteiger partial charge is 0.476 e. The molecule has 0 aliphatic rings. The lowest BCUT2D eigenvalue weighted by Crippen LogP contribution is -2.01. The molecule has 1 aromatic carbocycles. The molecule has 0 aliphatic heterocycles. The first-order valence-electron chi connectivity index (χ1n) is 5.66. The minimum absolute atomic E-state index is 0.0136. The number of imidazole rings is 1. The van der Waals surface area contributed by atoms with E-state index in [1.54, 1.807) is 11.5 Å². The number of carboxylic acid groups (broad SMARTS) is 1. The maximum atomic E-state index is 10.9. The van der Waals surface area contributed by atoms with Gasteiger partial charge in [0.25, 0.3) is 0 Å². The molecule has 2 heterocycles. The van der Waals surface area contributed by atoms with Gasteiger partial charge in [-0.2, -0.15) is 0 Å². The summed E-state index contributed by atoms with van der Waals surface area (Å²) in [4.78, 5) is 23.4. The number of hydrogen-bond acceptors (Lipinski definition) is 4. The van der Waals surface area contributed by atoms with Crippen LogP contribution in [0.15, 0.2) is 36.8 Å². The van der Waals surface area contributed by atoms with Crippen molar-refractivity contribution in [3.8, 4) is 5.82 Å². The molecule has 0 aliphatic carbocycles. The summed E-state index contributed by atoms with van der Waals surface area (Å²) in [6, 6.07) is 7.57. The maximum absolute atomic E-state index is 10.9. The van der Waals surface area contributed by atoms with Gasteiger partial charge in [0, 0.05) is 11.6 Å². The third kappa shape index (κ3) is 1.93. The molecule has 1 N–H and O–H groups in total. The van der Waals surface area contributed by atoms with Crippen molar-refractivity contribution in [3.05, 3.63) is 48.3 Å². The molecule has 0 spiro atoms. The van der Waals surface area contributed by atoms with E-state index in [0.717, 1.165) is 10.9 Å². The van der Waals surface area contributed by atoms with Gasteiger partial charge in [0.2, 0.25) is 0 Å². The van der Waals surface area contributed by atoms with Gasteiger partial charge in [-0.05, 0) is 19.1 Å². The Morgan fingerprint density at radius 3 is 2.79 bits per heavy atom. The molecule has 0 radical (unpaired) electrons. The highest BCUT2D eigenvalue weighted by Gasteiger charge is 2.11.